The summed E-state index contributed by atoms with van der Waals surface area (Å²) in [6.45, 7) is 6.76. The molecule has 2 aromatic heterocycles. The molecule has 42 heavy (non-hydrogen) atoms. The summed E-state index contributed by atoms with van der Waals surface area (Å²) in [6, 6.07) is 13.8. The number of Topliss-reactive ketones (excluding diaryl/α,β-unsaturated/α-hetero) is 1. The molecule has 0 radical (unpaired) electrons. The lowest BCUT2D eigenvalue weighted by Crippen LogP contribution is -2.35. The maximum atomic E-state index is 13.2. The number of nitrogens with zero attached hydrogens (tertiary/aromatic N) is 5. The van der Waals surface area contributed by atoms with E-state index in [1.54, 1.807) is 24.3 Å². The predicted octanol–water partition coefficient (Wildman–Crippen LogP) is 6.56. The van der Waals surface area contributed by atoms with Gasteiger partial charge in [0.1, 0.15) is 23.3 Å². The largest absolute Gasteiger partial charge is 0.484 e. The summed E-state index contributed by atoms with van der Waals surface area (Å²) in [7, 11) is 3.71. The summed E-state index contributed by atoms with van der Waals surface area (Å²) in [5.74, 6) is 1.66. The fourth-order valence-corrected chi connectivity index (χ4v) is 5.23. The van der Waals surface area contributed by atoms with Crippen LogP contribution in [0, 0.1) is 0 Å². The van der Waals surface area contributed by atoms with E-state index < -0.39 is 5.60 Å². The number of ketones is 1. The van der Waals surface area contributed by atoms with Crippen LogP contribution in [0.3, 0.4) is 0 Å². The Bertz CT molecular complexity index is 1360. The van der Waals surface area contributed by atoms with E-state index in [1.807, 2.05) is 64.4 Å². The molecule has 1 amide bonds. The Morgan fingerprint density at radius 3 is 2.69 bits per heavy atom. The lowest BCUT2D eigenvalue weighted by molar-refractivity contribution is 0.0277. The molecule has 0 saturated carbocycles. The van der Waals surface area contributed by atoms with Crippen molar-refractivity contribution < 1.29 is 19.1 Å². The van der Waals surface area contributed by atoms with Gasteiger partial charge in [-0.25, -0.2) is 14.8 Å². The first-order chi connectivity index (χ1) is 20.0. The second-order valence-corrected chi connectivity index (χ2v) is 12.4. The van der Waals surface area contributed by atoms with Gasteiger partial charge in [-0.15, -0.1) is 0 Å². The lowest BCUT2D eigenvalue weighted by Gasteiger charge is -2.26. The van der Waals surface area contributed by atoms with E-state index in [-0.39, 0.29) is 23.9 Å². The molecule has 9 nitrogen and oxygen atoms in total. The molecule has 1 aliphatic rings. The predicted molar refractivity (Wildman–Crippen MR) is 166 cm³/mol. The van der Waals surface area contributed by atoms with Crippen molar-refractivity contribution in [3.8, 4) is 5.75 Å². The molecule has 2 unspecified atom stereocenters. The molecule has 1 aliphatic heterocycles. The van der Waals surface area contributed by atoms with Crippen LogP contribution >= 0.6 is 11.8 Å². The van der Waals surface area contributed by atoms with Gasteiger partial charge in [0, 0.05) is 52.4 Å². The minimum absolute atomic E-state index is 0.0631. The number of hydrogen-bond acceptors (Lipinski definition) is 9. The van der Waals surface area contributed by atoms with Crippen molar-refractivity contribution in [3.05, 3.63) is 71.7 Å². The number of pyridine rings is 1. The third-order valence-corrected chi connectivity index (χ3v) is 7.74. The summed E-state index contributed by atoms with van der Waals surface area (Å²) < 4.78 is 12.0. The maximum Gasteiger partial charge on any atom is 0.410 e. The van der Waals surface area contributed by atoms with Gasteiger partial charge in [-0.3, -0.25) is 9.78 Å². The number of anilines is 1. The second-order valence-electron chi connectivity index (χ2n) is 11.6. The van der Waals surface area contributed by atoms with E-state index in [2.05, 4.69) is 32.0 Å². The quantitative estimate of drug-likeness (QED) is 0.213. The topological polar surface area (TPSA) is 97.8 Å². The number of carbonyl (C=O) groups excluding carboxylic acids is 2. The van der Waals surface area contributed by atoms with Crippen LogP contribution in [0.25, 0.3) is 0 Å². The molecule has 3 heterocycles. The average Bonchev–Trinajstić information content (AvgIpc) is 3.03. The number of rotatable bonds is 8. The van der Waals surface area contributed by atoms with Crippen LogP contribution in [0.5, 0.6) is 5.75 Å². The Kier molecular flexibility index (Phi) is 10.4. The van der Waals surface area contributed by atoms with Crippen molar-refractivity contribution in [2.45, 2.75) is 69.2 Å². The average molecular weight is 592 g/mol. The Balaban J connectivity index is 1.49. The molecule has 0 aliphatic carbocycles. The molecule has 0 bridgehead atoms. The zero-order chi connectivity index (χ0) is 30.3. The summed E-state index contributed by atoms with van der Waals surface area (Å²) >= 11 is 1.47. The molecule has 2 atom stereocenters. The minimum atomic E-state index is -0.564. The third kappa shape index (κ3) is 8.44. The Hall–Kier alpha value is -3.66. The summed E-state index contributed by atoms with van der Waals surface area (Å²) in [4.78, 5) is 42.8. The molecule has 1 aromatic carbocycles. The van der Waals surface area contributed by atoms with Crippen LogP contribution in [-0.4, -0.2) is 70.8 Å². The standard InChI is InChI=1S/C32H41N5O4S/c1-32(2,3)41-31(39)37(5)19-16-28(26-12-7-8-17-33-26)40-24-11-9-10-23(20-24)22-13-14-27(38)25-21-34-30(42-6)35-29(25)36(4)18-15-22/h7-12,17,20-22,28H,13-16,18-19H2,1-6H3. The van der Waals surface area contributed by atoms with Crippen LogP contribution in [0.15, 0.2) is 60.0 Å². The second kappa shape index (κ2) is 14.0. The monoisotopic (exact) mass is 591 g/mol. The van der Waals surface area contributed by atoms with Crippen LogP contribution < -0.4 is 9.64 Å². The van der Waals surface area contributed by atoms with E-state index in [4.69, 9.17) is 9.47 Å². The highest BCUT2D eigenvalue weighted by Crippen LogP contribution is 2.33. The van der Waals surface area contributed by atoms with Crippen LogP contribution in [0.4, 0.5) is 10.6 Å². The fourth-order valence-electron chi connectivity index (χ4n) is 4.90. The molecule has 0 N–H and O–H groups in total. The molecular formula is C32H41N5O4S. The van der Waals surface area contributed by atoms with Crippen LogP contribution in [0.2, 0.25) is 0 Å². The number of thioether (sulfide) groups is 1. The summed E-state index contributed by atoms with van der Waals surface area (Å²) in [6.07, 6.45) is 7.17. The SMILES string of the molecule is CSc1ncc2c(n1)N(C)CCC(c1cccc(OC(CCN(C)C(=O)OC(C)(C)C)c3ccccn3)c1)CCC2=O. The van der Waals surface area contributed by atoms with Gasteiger partial charge in [-0.1, -0.05) is 30.0 Å². The first kappa shape index (κ1) is 31.3. The number of amides is 1. The highest BCUT2D eigenvalue weighted by Gasteiger charge is 2.25. The van der Waals surface area contributed by atoms with E-state index in [1.165, 1.54) is 11.8 Å². The molecular weight excluding hydrogens is 550 g/mol. The van der Waals surface area contributed by atoms with E-state index in [0.29, 0.717) is 35.9 Å². The highest BCUT2D eigenvalue weighted by molar-refractivity contribution is 7.98. The molecule has 3 aromatic rings. The van der Waals surface area contributed by atoms with Crippen LogP contribution in [-0.2, 0) is 4.74 Å². The first-order valence-electron chi connectivity index (χ1n) is 14.3. The maximum absolute atomic E-state index is 13.2. The molecule has 0 saturated heterocycles. The van der Waals surface area contributed by atoms with Gasteiger partial charge in [0.05, 0.1) is 11.3 Å². The van der Waals surface area contributed by atoms with E-state index >= 15 is 0 Å². The van der Waals surface area contributed by atoms with Crippen molar-refractivity contribution in [2.75, 3.05) is 38.3 Å². The van der Waals surface area contributed by atoms with Crippen molar-refractivity contribution in [1.29, 1.82) is 0 Å². The van der Waals surface area contributed by atoms with Gasteiger partial charge in [-0.2, -0.15) is 0 Å². The smallest absolute Gasteiger partial charge is 0.410 e. The highest BCUT2D eigenvalue weighted by atomic mass is 32.2. The molecule has 224 valence electrons. The third-order valence-electron chi connectivity index (χ3n) is 7.18. The number of aromatic nitrogens is 3. The molecule has 4 rings (SSSR count). The van der Waals surface area contributed by atoms with Crippen molar-refractivity contribution >= 4 is 29.5 Å². The van der Waals surface area contributed by atoms with Gasteiger partial charge < -0.3 is 19.3 Å². The van der Waals surface area contributed by atoms with Gasteiger partial charge in [-0.05, 0) is 75.6 Å². The van der Waals surface area contributed by atoms with Gasteiger partial charge >= 0.3 is 6.09 Å². The molecule has 10 heteroatoms. The molecule has 0 spiro atoms. The number of fused-ring (bicyclic) bond motifs is 1. The lowest BCUT2D eigenvalue weighted by atomic mass is 9.90. The van der Waals surface area contributed by atoms with E-state index in [0.717, 1.165) is 36.4 Å². The summed E-state index contributed by atoms with van der Waals surface area (Å²) in [5, 5.41) is 0.661. The first-order valence-corrected chi connectivity index (χ1v) is 15.5. The number of benzene rings is 1. The fraction of sp³-hybridized carbons (Fsp3) is 0.469. The van der Waals surface area contributed by atoms with Gasteiger partial charge in [0.25, 0.3) is 0 Å². The Morgan fingerprint density at radius 1 is 1.17 bits per heavy atom. The Labute approximate surface area is 253 Å². The van der Waals surface area contributed by atoms with Crippen LogP contribution in [0.1, 0.15) is 80.1 Å². The minimum Gasteiger partial charge on any atom is -0.484 e. The normalized spacial score (nSPS) is 16.5. The number of carbonyl (C=O) groups is 2. The van der Waals surface area contributed by atoms with Crippen molar-refractivity contribution in [2.24, 2.45) is 0 Å². The Morgan fingerprint density at radius 2 is 1.98 bits per heavy atom. The van der Waals surface area contributed by atoms with Gasteiger partial charge in [0.2, 0.25) is 0 Å². The number of hydrogen-bond donors (Lipinski definition) is 0. The van der Waals surface area contributed by atoms with Crippen molar-refractivity contribution in [3.63, 3.8) is 0 Å². The zero-order valence-corrected chi connectivity index (χ0v) is 26.2. The zero-order valence-electron chi connectivity index (χ0n) is 25.4. The summed E-state index contributed by atoms with van der Waals surface area (Å²) in [5.41, 5.74) is 1.94. The van der Waals surface area contributed by atoms with Gasteiger partial charge in [0.15, 0.2) is 10.9 Å². The van der Waals surface area contributed by atoms with E-state index in [9.17, 15) is 9.59 Å². The molecule has 0 fully saturated rings. The number of ether oxygens (including phenoxy) is 2. The van der Waals surface area contributed by atoms with Crippen molar-refractivity contribution in [1.82, 2.24) is 19.9 Å².